The van der Waals surface area contributed by atoms with Crippen LogP contribution in [0.15, 0.2) is 54.7 Å². The van der Waals surface area contributed by atoms with Crippen LogP contribution in [0.3, 0.4) is 0 Å². The van der Waals surface area contributed by atoms with Crippen molar-refractivity contribution in [2.45, 2.75) is 25.8 Å². The van der Waals surface area contributed by atoms with Crippen molar-refractivity contribution in [2.75, 3.05) is 26.2 Å². The van der Waals surface area contributed by atoms with Crippen LogP contribution in [0.5, 0.6) is 0 Å². The minimum absolute atomic E-state index is 0.283. The summed E-state index contributed by atoms with van der Waals surface area (Å²) < 4.78 is 0. The molecule has 0 saturated carbocycles. The number of benzene rings is 2. The van der Waals surface area contributed by atoms with Crippen molar-refractivity contribution >= 4 is 28.4 Å². The first-order chi connectivity index (χ1) is 13.7. The van der Waals surface area contributed by atoms with Crippen LogP contribution in [0, 0.1) is 0 Å². The highest BCUT2D eigenvalue weighted by Crippen LogP contribution is 2.20. The fourth-order valence-corrected chi connectivity index (χ4v) is 4.06. The van der Waals surface area contributed by atoms with Gasteiger partial charge in [-0.15, -0.1) is 0 Å². The number of carbonyl (C=O) groups excluding carboxylic acids is 1. The Morgan fingerprint density at radius 3 is 2.54 bits per heavy atom. The number of nitrogens with one attached hydrogen (secondary N) is 1. The zero-order valence-electron chi connectivity index (χ0n) is 16.0. The second kappa shape index (κ2) is 8.80. The Balaban J connectivity index is 1.21. The molecule has 0 radical (unpaired) electrons. The molecule has 2 heterocycles. The zero-order chi connectivity index (χ0) is 19.3. The van der Waals surface area contributed by atoms with Crippen molar-refractivity contribution in [3.63, 3.8) is 0 Å². The van der Waals surface area contributed by atoms with Gasteiger partial charge in [0.25, 0.3) is 0 Å². The van der Waals surface area contributed by atoms with Crippen LogP contribution >= 0.6 is 11.6 Å². The van der Waals surface area contributed by atoms with E-state index in [1.165, 1.54) is 22.0 Å². The monoisotopic (exact) mass is 395 g/mol. The lowest BCUT2D eigenvalue weighted by Crippen LogP contribution is -2.48. The average molecular weight is 396 g/mol. The van der Waals surface area contributed by atoms with Gasteiger partial charge in [0, 0.05) is 61.3 Å². The van der Waals surface area contributed by atoms with Gasteiger partial charge < -0.3 is 9.88 Å². The highest BCUT2D eigenvalue weighted by atomic mass is 35.5. The summed E-state index contributed by atoms with van der Waals surface area (Å²) in [5, 5.41) is 2.04. The number of H-pyrrole nitrogens is 1. The SMILES string of the molecule is O=C(CCCc1c[nH]c2ccccc12)N1CCN(Cc2ccc(Cl)cc2)CC1. The molecule has 1 aliphatic rings. The molecule has 1 amide bonds. The number of hydrogen-bond acceptors (Lipinski definition) is 2. The first kappa shape index (κ1) is 19.0. The molecule has 4 rings (SSSR count). The number of hydrogen-bond donors (Lipinski definition) is 1. The quantitative estimate of drug-likeness (QED) is 0.668. The second-order valence-electron chi connectivity index (χ2n) is 7.50. The molecule has 1 aromatic heterocycles. The van der Waals surface area contributed by atoms with Crippen molar-refractivity contribution in [1.29, 1.82) is 0 Å². The normalized spacial score (nSPS) is 15.2. The van der Waals surface area contributed by atoms with E-state index < -0.39 is 0 Å². The van der Waals surface area contributed by atoms with Crippen molar-refractivity contribution in [3.05, 3.63) is 70.9 Å². The number of amides is 1. The molecule has 0 unspecified atom stereocenters. The lowest BCUT2D eigenvalue weighted by Gasteiger charge is -2.34. The molecule has 4 nitrogen and oxygen atoms in total. The number of aryl methyl sites for hydroxylation is 1. The summed E-state index contributed by atoms with van der Waals surface area (Å²) in [5.74, 6) is 0.283. The molecular formula is C23H26ClN3O. The van der Waals surface area contributed by atoms with E-state index in [0.29, 0.717) is 6.42 Å². The lowest BCUT2D eigenvalue weighted by atomic mass is 10.1. The number of fused-ring (bicyclic) bond motifs is 1. The molecule has 1 aliphatic heterocycles. The van der Waals surface area contributed by atoms with Gasteiger partial charge in [0.2, 0.25) is 5.91 Å². The van der Waals surface area contributed by atoms with E-state index in [-0.39, 0.29) is 5.91 Å². The van der Waals surface area contributed by atoms with E-state index in [9.17, 15) is 4.79 Å². The molecule has 146 valence electrons. The molecule has 0 aliphatic carbocycles. The Kier molecular flexibility index (Phi) is 5.98. The zero-order valence-corrected chi connectivity index (χ0v) is 16.8. The molecule has 3 aromatic rings. The highest BCUT2D eigenvalue weighted by Gasteiger charge is 2.20. The Labute approximate surface area is 171 Å². The molecule has 0 bridgehead atoms. The van der Waals surface area contributed by atoms with E-state index in [1.54, 1.807) is 0 Å². The number of halogens is 1. The van der Waals surface area contributed by atoms with Crippen LogP contribution in [0.25, 0.3) is 10.9 Å². The third kappa shape index (κ3) is 4.57. The third-order valence-electron chi connectivity index (χ3n) is 5.56. The minimum atomic E-state index is 0.283. The van der Waals surface area contributed by atoms with Gasteiger partial charge in [0.1, 0.15) is 0 Å². The number of aromatic amines is 1. The number of rotatable bonds is 6. The first-order valence-electron chi connectivity index (χ1n) is 9.98. The van der Waals surface area contributed by atoms with Crippen LogP contribution in [-0.4, -0.2) is 46.9 Å². The van der Waals surface area contributed by atoms with Gasteiger partial charge in [0.05, 0.1) is 0 Å². The Morgan fingerprint density at radius 2 is 1.75 bits per heavy atom. The van der Waals surface area contributed by atoms with Crippen LogP contribution in [0.2, 0.25) is 5.02 Å². The van der Waals surface area contributed by atoms with Gasteiger partial charge in [0.15, 0.2) is 0 Å². The number of aromatic nitrogens is 1. The topological polar surface area (TPSA) is 39.3 Å². The fraction of sp³-hybridized carbons (Fsp3) is 0.348. The molecule has 1 N–H and O–H groups in total. The summed E-state index contributed by atoms with van der Waals surface area (Å²) >= 11 is 5.95. The molecule has 2 aromatic carbocycles. The van der Waals surface area contributed by atoms with Crippen LogP contribution in [0.4, 0.5) is 0 Å². The Morgan fingerprint density at radius 1 is 1.00 bits per heavy atom. The van der Waals surface area contributed by atoms with Crippen molar-refractivity contribution in [3.8, 4) is 0 Å². The summed E-state index contributed by atoms with van der Waals surface area (Å²) in [4.78, 5) is 20.3. The molecule has 1 saturated heterocycles. The molecular weight excluding hydrogens is 370 g/mol. The van der Waals surface area contributed by atoms with Crippen LogP contribution in [-0.2, 0) is 17.8 Å². The summed E-state index contributed by atoms with van der Waals surface area (Å²) in [6.07, 6.45) is 4.53. The summed E-state index contributed by atoms with van der Waals surface area (Å²) in [7, 11) is 0. The summed E-state index contributed by atoms with van der Waals surface area (Å²) in [6, 6.07) is 16.4. The smallest absolute Gasteiger partial charge is 0.222 e. The Hall–Kier alpha value is -2.30. The minimum Gasteiger partial charge on any atom is -0.361 e. The van der Waals surface area contributed by atoms with E-state index in [0.717, 1.165) is 50.6 Å². The highest BCUT2D eigenvalue weighted by molar-refractivity contribution is 6.30. The van der Waals surface area contributed by atoms with E-state index in [1.807, 2.05) is 23.1 Å². The first-order valence-corrected chi connectivity index (χ1v) is 10.4. The standard InChI is InChI=1S/C23H26ClN3O/c24-20-10-8-18(9-11-20)17-26-12-14-27(15-13-26)23(28)7-3-4-19-16-25-22-6-2-1-5-21(19)22/h1-2,5-6,8-11,16,25H,3-4,7,12-15,17H2. The largest absolute Gasteiger partial charge is 0.361 e. The second-order valence-corrected chi connectivity index (χ2v) is 7.93. The number of carbonyl (C=O) groups is 1. The number of para-hydroxylation sites is 1. The van der Waals surface area contributed by atoms with Gasteiger partial charge in [-0.3, -0.25) is 9.69 Å². The Bertz CT molecular complexity index is 926. The van der Waals surface area contributed by atoms with E-state index in [2.05, 4.69) is 46.4 Å². The van der Waals surface area contributed by atoms with Crippen molar-refractivity contribution in [2.24, 2.45) is 0 Å². The molecule has 0 spiro atoms. The molecule has 1 fully saturated rings. The maximum atomic E-state index is 12.6. The van der Waals surface area contributed by atoms with Gasteiger partial charge in [-0.1, -0.05) is 41.9 Å². The van der Waals surface area contributed by atoms with E-state index in [4.69, 9.17) is 11.6 Å². The van der Waals surface area contributed by atoms with Gasteiger partial charge >= 0.3 is 0 Å². The molecule has 28 heavy (non-hydrogen) atoms. The average Bonchev–Trinajstić information content (AvgIpc) is 3.13. The van der Waals surface area contributed by atoms with Crippen LogP contribution < -0.4 is 0 Å². The summed E-state index contributed by atoms with van der Waals surface area (Å²) in [6.45, 7) is 4.41. The summed E-state index contributed by atoms with van der Waals surface area (Å²) in [5.41, 5.74) is 3.74. The number of nitrogens with zero attached hydrogens (tertiary/aromatic N) is 2. The number of piperazine rings is 1. The van der Waals surface area contributed by atoms with Crippen molar-refractivity contribution < 1.29 is 4.79 Å². The molecule has 5 heteroatoms. The fourth-order valence-electron chi connectivity index (χ4n) is 3.93. The third-order valence-corrected chi connectivity index (χ3v) is 5.81. The predicted octanol–water partition coefficient (Wildman–Crippen LogP) is 4.49. The maximum Gasteiger partial charge on any atom is 0.222 e. The molecule has 0 atom stereocenters. The van der Waals surface area contributed by atoms with Gasteiger partial charge in [-0.05, 0) is 42.2 Å². The van der Waals surface area contributed by atoms with Crippen molar-refractivity contribution in [1.82, 2.24) is 14.8 Å². The lowest BCUT2D eigenvalue weighted by molar-refractivity contribution is -0.133. The van der Waals surface area contributed by atoms with Gasteiger partial charge in [-0.25, -0.2) is 0 Å². The maximum absolute atomic E-state index is 12.6. The van der Waals surface area contributed by atoms with E-state index >= 15 is 0 Å². The predicted molar refractivity (Wildman–Crippen MR) is 115 cm³/mol. The van der Waals surface area contributed by atoms with Gasteiger partial charge in [-0.2, -0.15) is 0 Å². The van der Waals surface area contributed by atoms with Crippen LogP contribution in [0.1, 0.15) is 24.0 Å².